The fourth-order valence-corrected chi connectivity index (χ4v) is 12.2. The zero-order chi connectivity index (χ0) is 62.2. The summed E-state index contributed by atoms with van der Waals surface area (Å²) in [5, 5.41) is 59.3. The molecule has 0 amide bonds. The Kier molecular flexibility index (Phi) is 43.8. The van der Waals surface area contributed by atoms with Crippen LogP contribution in [0.4, 0.5) is 0 Å². The van der Waals surface area contributed by atoms with Crippen LogP contribution in [0.25, 0.3) is 0 Å². The largest absolute Gasteiger partial charge is 0.550 e. The van der Waals surface area contributed by atoms with Crippen LogP contribution in [0.1, 0.15) is 276 Å². The first-order valence-corrected chi connectivity index (χ1v) is 32.2. The molecule has 0 spiro atoms. The van der Waals surface area contributed by atoms with E-state index in [0.29, 0.717) is 11.5 Å². The second kappa shape index (κ2) is 45.1. The van der Waals surface area contributed by atoms with Gasteiger partial charge in [0.05, 0.1) is 64.4 Å². The van der Waals surface area contributed by atoms with Gasteiger partial charge in [0.2, 0.25) is 0 Å². The Hall–Kier alpha value is -4.32. The molecule has 1 saturated carbocycles. The van der Waals surface area contributed by atoms with Gasteiger partial charge in [0.25, 0.3) is 10.2 Å². The summed E-state index contributed by atoms with van der Waals surface area (Å²) in [7, 11) is 0. The molecule has 4 N–H and O–H groups in total. The smallest absolute Gasteiger partial charge is 0.291 e. The van der Waals surface area contributed by atoms with Crippen molar-refractivity contribution < 1.29 is 66.4 Å². The van der Waals surface area contributed by atoms with E-state index in [9.17, 15) is 10.2 Å². The molecule has 17 heteroatoms. The van der Waals surface area contributed by atoms with Crippen LogP contribution in [0.15, 0.2) is 34.3 Å². The Morgan fingerprint density at radius 1 is 0.530 bits per heavy atom. The second-order valence-electron chi connectivity index (χ2n) is 24.5. The number of carboxylic acid groups (broad SMARTS) is 1. The topological polar surface area (TPSA) is 232 Å². The number of phenolic OH excluding ortho intramolecular Hbond substituents is 2. The Balaban J connectivity index is 0. The molecule has 0 aromatic heterocycles. The number of unbranched alkanes of at least 4 members (excludes halogenated alkanes) is 8. The van der Waals surface area contributed by atoms with E-state index in [-0.39, 0.29) is 39.7 Å². The van der Waals surface area contributed by atoms with Crippen molar-refractivity contribution >= 4 is 18.4 Å². The predicted octanol–water partition coefficient (Wildman–Crippen LogP) is 15.5. The fourth-order valence-electron chi connectivity index (χ4n) is 12.2. The molecule has 83 heavy (non-hydrogen) atoms. The number of carbonyl (C=O) groups excluding carboxylic acids is 1. The van der Waals surface area contributed by atoms with E-state index < -0.39 is 16.1 Å². The van der Waals surface area contributed by atoms with Gasteiger partial charge in [-0.25, -0.2) is 0 Å². The quantitative estimate of drug-likeness (QED) is 0.0215. The van der Waals surface area contributed by atoms with E-state index in [2.05, 4.69) is 100 Å². The molecule has 3 rings (SSSR count). The Morgan fingerprint density at radius 2 is 0.759 bits per heavy atom. The second-order valence-corrected chi connectivity index (χ2v) is 24.5. The summed E-state index contributed by atoms with van der Waals surface area (Å²) in [6.45, 7) is 39.3. The van der Waals surface area contributed by atoms with Gasteiger partial charge < -0.3 is 39.5 Å². The molecular formula is C66H119CoN6O10+. The van der Waals surface area contributed by atoms with Gasteiger partial charge in [-0.05, 0) is 156 Å². The monoisotopic (exact) mass is 1210 g/mol. The molecule has 0 aliphatic heterocycles. The molecule has 2 aromatic carbocycles. The van der Waals surface area contributed by atoms with Gasteiger partial charge in [-0.1, -0.05) is 158 Å². The van der Waals surface area contributed by atoms with Gasteiger partial charge in [0.1, 0.15) is 11.5 Å². The Bertz CT molecular complexity index is 2010. The number of benzene rings is 2. The minimum Gasteiger partial charge on any atom is -0.550 e. The molecule has 0 saturated heterocycles. The van der Waals surface area contributed by atoms with Crippen LogP contribution >= 0.6 is 0 Å². The van der Waals surface area contributed by atoms with Gasteiger partial charge >= 0.3 is 0 Å². The SMILES string of the molecule is CC(=O)[O-].CCCCC(C)(CCCC)c1cc(C)c(O)c(C=N[C@@H]2CCCC[C@H]2N=Cc2cc(C(C)(CCC[N+](CCCC)(CCCC)CCCC)CCC[N+](CCCC)(CCCC)CCCC)cc(C)c2O)c1.O=[N+]([O-])O.O=[N+]([O-])O.[Co]. The van der Waals surface area contributed by atoms with Crippen LogP contribution in [-0.2, 0) is 32.4 Å². The van der Waals surface area contributed by atoms with Gasteiger partial charge in [0, 0.05) is 46.3 Å². The number of quaternary nitrogens is 2. The Labute approximate surface area is 514 Å². The summed E-state index contributed by atoms with van der Waals surface area (Å²) in [4.78, 5) is 36.2. The summed E-state index contributed by atoms with van der Waals surface area (Å²) in [6, 6.07) is 9.18. The van der Waals surface area contributed by atoms with Crippen LogP contribution in [0.2, 0.25) is 0 Å². The van der Waals surface area contributed by atoms with Crippen molar-refractivity contribution in [1.82, 2.24) is 0 Å². The molecule has 0 bridgehead atoms. The zero-order valence-corrected chi connectivity index (χ0v) is 55.5. The average molecular weight is 1220 g/mol. The van der Waals surface area contributed by atoms with Crippen molar-refractivity contribution in [2.24, 2.45) is 9.98 Å². The number of rotatable bonds is 38. The summed E-state index contributed by atoms with van der Waals surface area (Å²) in [5.41, 5.74) is 6.34. The third-order valence-corrected chi connectivity index (χ3v) is 17.4. The van der Waals surface area contributed by atoms with Crippen LogP contribution in [0, 0.1) is 34.1 Å². The molecule has 1 radical (unpaired) electrons. The number of hydrogen-bond acceptors (Lipinski definition) is 10. The third-order valence-electron chi connectivity index (χ3n) is 17.4. The maximum atomic E-state index is 11.8. The van der Waals surface area contributed by atoms with Crippen LogP contribution in [-0.4, -0.2) is 123 Å². The molecule has 2 aromatic rings. The van der Waals surface area contributed by atoms with Crippen molar-refractivity contribution in [1.29, 1.82) is 0 Å². The number of nitrogens with zero attached hydrogens (tertiary/aromatic N) is 6. The zero-order valence-electron chi connectivity index (χ0n) is 54.4. The number of carboxylic acids is 1. The molecule has 16 nitrogen and oxygen atoms in total. The molecule has 1 aliphatic carbocycles. The molecule has 2 atom stereocenters. The van der Waals surface area contributed by atoms with Crippen LogP contribution < -0.4 is 5.11 Å². The summed E-state index contributed by atoms with van der Waals surface area (Å²) in [6.07, 6.45) is 35.6. The summed E-state index contributed by atoms with van der Waals surface area (Å²) < 4.78 is 2.58. The molecule has 0 unspecified atom stereocenters. The number of phenols is 2. The molecule has 0 heterocycles. The van der Waals surface area contributed by atoms with Crippen molar-refractivity contribution in [2.45, 2.75) is 280 Å². The van der Waals surface area contributed by atoms with Gasteiger partial charge in [-0.2, -0.15) is 0 Å². The number of aryl methyl sites for hydroxylation is 2. The van der Waals surface area contributed by atoms with E-state index in [4.69, 9.17) is 50.5 Å². The van der Waals surface area contributed by atoms with E-state index >= 15 is 0 Å². The number of hydrogen-bond donors (Lipinski definition) is 4. The minimum absolute atomic E-state index is 0. The maximum absolute atomic E-state index is 11.8. The average Bonchev–Trinajstić information content (AvgIpc) is 3.42. The van der Waals surface area contributed by atoms with Crippen molar-refractivity contribution in [3.05, 3.63) is 77.9 Å². The fraction of sp³-hybridized carbons (Fsp3) is 0.773. The number of aromatic hydroxyl groups is 2. The summed E-state index contributed by atoms with van der Waals surface area (Å²) in [5.74, 6) is -0.377. The van der Waals surface area contributed by atoms with Gasteiger partial charge in [-0.15, -0.1) is 20.2 Å². The standard InChI is InChI=1S/C64H112N4O2.C2H4O2.Co.2HNO3/c1-13-21-35-63(11,36-22-14-2)57-47-53(9)61(69)55(49-57)51-65-59-33-29-30-34-60(59)66-52-56-50-58(48-54(10)62(56)70)64(12,37-31-45-67(39-23-15-3,40-24-16-4)41-25-17-5)38-32-46-68(42-26-18-6,43-27-19-7)44-28-20-8;1-2(3)4;;2*2-1(3)4/h47-52,59-60H,13-46H2,1-12H3;1H3,(H,3,4);;2*(H,2,3,4)/p+1/t59-,60-;;;;/m1..../s1. The Morgan fingerprint density at radius 3 is 1.00 bits per heavy atom. The van der Waals surface area contributed by atoms with Crippen molar-refractivity contribution in [3.63, 3.8) is 0 Å². The third kappa shape index (κ3) is 32.7. The molecular weight excluding hydrogens is 1100 g/mol. The van der Waals surface area contributed by atoms with Gasteiger partial charge in [0.15, 0.2) is 0 Å². The van der Waals surface area contributed by atoms with Gasteiger partial charge in [-0.3, -0.25) is 9.98 Å². The first kappa shape index (κ1) is 80.7. The van der Waals surface area contributed by atoms with E-state index in [1.165, 1.54) is 201 Å². The van der Waals surface area contributed by atoms with Crippen molar-refractivity contribution in [3.8, 4) is 11.5 Å². The summed E-state index contributed by atoms with van der Waals surface area (Å²) >= 11 is 0. The minimum atomic E-state index is -1.50. The van der Waals surface area contributed by atoms with E-state index in [1.54, 1.807) is 0 Å². The number of aliphatic carboxylic acids is 1. The molecule has 1 fully saturated rings. The van der Waals surface area contributed by atoms with Crippen molar-refractivity contribution in [2.75, 3.05) is 52.4 Å². The maximum Gasteiger partial charge on any atom is 0.291 e. The normalized spacial score (nSPS) is 14.7. The van der Waals surface area contributed by atoms with E-state index in [1.807, 2.05) is 19.4 Å². The van der Waals surface area contributed by atoms with Crippen LogP contribution in [0.5, 0.6) is 11.5 Å². The van der Waals surface area contributed by atoms with Crippen LogP contribution in [0.3, 0.4) is 0 Å². The number of aliphatic imine (C=N–C) groups is 2. The molecule has 1 aliphatic rings. The van der Waals surface area contributed by atoms with E-state index in [0.717, 1.165) is 67.7 Å². The predicted molar refractivity (Wildman–Crippen MR) is 336 cm³/mol. The first-order chi connectivity index (χ1) is 38.9. The molecule has 481 valence electrons. The first-order valence-electron chi connectivity index (χ1n) is 32.2. The number of carbonyl (C=O) groups is 1.